The number of benzene rings is 1. The quantitative estimate of drug-likeness (QED) is 0.662. The van der Waals surface area contributed by atoms with Crippen molar-refractivity contribution in [1.82, 2.24) is 5.32 Å². The molecule has 0 aromatic heterocycles. The van der Waals surface area contributed by atoms with Crippen LogP contribution in [0.25, 0.3) is 0 Å². The molecule has 114 valence electrons. The molecule has 1 aromatic carbocycles. The van der Waals surface area contributed by atoms with Gasteiger partial charge in [0.2, 0.25) is 0 Å². The third-order valence-corrected chi connectivity index (χ3v) is 4.26. The van der Waals surface area contributed by atoms with Crippen molar-refractivity contribution in [2.24, 2.45) is 5.92 Å². The van der Waals surface area contributed by atoms with Crippen molar-refractivity contribution >= 4 is 0 Å². The molecule has 1 nitrogen and oxygen atoms in total. The van der Waals surface area contributed by atoms with Crippen molar-refractivity contribution < 1.29 is 0 Å². The molecule has 0 aliphatic rings. The summed E-state index contributed by atoms with van der Waals surface area (Å²) < 4.78 is 0. The van der Waals surface area contributed by atoms with Crippen LogP contribution in [-0.4, -0.2) is 6.54 Å². The Kier molecular flexibility index (Phi) is 7.29. The molecule has 0 bridgehead atoms. The van der Waals surface area contributed by atoms with E-state index in [0.717, 1.165) is 12.5 Å². The minimum Gasteiger partial charge on any atom is -0.310 e. The van der Waals surface area contributed by atoms with E-state index in [2.05, 4.69) is 59.0 Å². The van der Waals surface area contributed by atoms with Gasteiger partial charge in [0.1, 0.15) is 0 Å². The Morgan fingerprint density at radius 2 is 1.40 bits per heavy atom. The highest BCUT2D eigenvalue weighted by atomic mass is 14.9. The molecular weight excluding hydrogens is 242 g/mol. The Balaban J connectivity index is 3.17. The first-order valence-corrected chi connectivity index (χ1v) is 8.36. The first kappa shape index (κ1) is 17.2. The van der Waals surface area contributed by atoms with Crippen molar-refractivity contribution in [2.45, 2.75) is 73.3 Å². The zero-order valence-electron chi connectivity index (χ0n) is 14.3. The van der Waals surface area contributed by atoms with E-state index in [1.54, 1.807) is 5.56 Å². The number of rotatable bonds is 8. The average molecular weight is 275 g/mol. The van der Waals surface area contributed by atoms with Gasteiger partial charge in [-0.1, -0.05) is 51.3 Å². The van der Waals surface area contributed by atoms with Crippen LogP contribution in [-0.2, 0) is 0 Å². The molecule has 0 saturated heterocycles. The highest BCUT2D eigenvalue weighted by Gasteiger charge is 2.24. The van der Waals surface area contributed by atoms with Crippen LogP contribution in [0.2, 0.25) is 0 Å². The minimum absolute atomic E-state index is 0.514. The van der Waals surface area contributed by atoms with Crippen LogP contribution < -0.4 is 5.32 Å². The van der Waals surface area contributed by atoms with Gasteiger partial charge in [0, 0.05) is 6.04 Å². The van der Waals surface area contributed by atoms with Crippen molar-refractivity contribution in [3.05, 3.63) is 34.4 Å². The van der Waals surface area contributed by atoms with E-state index in [1.165, 1.54) is 42.4 Å². The second-order valence-corrected chi connectivity index (χ2v) is 6.19. The first-order valence-electron chi connectivity index (χ1n) is 8.36. The van der Waals surface area contributed by atoms with Gasteiger partial charge in [0.25, 0.3) is 0 Å². The lowest BCUT2D eigenvalue weighted by Crippen LogP contribution is -2.29. The molecule has 0 spiro atoms. The van der Waals surface area contributed by atoms with Crippen molar-refractivity contribution in [3.63, 3.8) is 0 Å². The molecule has 0 radical (unpaired) electrons. The zero-order chi connectivity index (χ0) is 15.1. The van der Waals surface area contributed by atoms with Crippen LogP contribution in [0.3, 0.4) is 0 Å². The Labute approximate surface area is 126 Å². The van der Waals surface area contributed by atoms with E-state index in [4.69, 9.17) is 0 Å². The van der Waals surface area contributed by atoms with Gasteiger partial charge >= 0.3 is 0 Å². The topological polar surface area (TPSA) is 12.0 Å². The van der Waals surface area contributed by atoms with E-state index >= 15 is 0 Å². The number of nitrogens with one attached hydrogen (secondary N) is 1. The van der Waals surface area contributed by atoms with Gasteiger partial charge in [-0.05, 0) is 62.8 Å². The second kappa shape index (κ2) is 8.46. The molecule has 1 unspecified atom stereocenters. The SMILES string of the molecule is CCCC(CCC)C(NCC)c1c(C)cc(C)cc1C. The van der Waals surface area contributed by atoms with E-state index < -0.39 is 0 Å². The largest absolute Gasteiger partial charge is 0.310 e. The number of hydrogen-bond acceptors (Lipinski definition) is 1. The van der Waals surface area contributed by atoms with Gasteiger partial charge in [0.15, 0.2) is 0 Å². The summed E-state index contributed by atoms with van der Waals surface area (Å²) >= 11 is 0. The van der Waals surface area contributed by atoms with Crippen LogP contribution in [0.4, 0.5) is 0 Å². The molecule has 0 saturated carbocycles. The van der Waals surface area contributed by atoms with Gasteiger partial charge < -0.3 is 5.32 Å². The third kappa shape index (κ3) is 4.34. The van der Waals surface area contributed by atoms with Gasteiger partial charge in [-0.2, -0.15) is 0 Å². The molecule has 1 rings (SSSR count). The summed E-state index contributed by atoms with van der Waals surface area (Å²) in [6, 6.07) is 5.18. The fraction of sp³-hybridized carbons (Fsp3) is 0.684. The molecule has 1 N–H and O–H groups in total. The maximum atomic E-state index is 3.77. The monoisotopic (exact) mass is 275 g/mol. The van der Waals surface area contributed by atoms with Crippen LogP contribution in [0.15, 0.2) is 12.1 Å². The molecule has 0 fully saturated rings. The Morgan fingerprint density at radius 1 is 0.900 bits per heavy atom. The van der Waals surface area contributed by atoms with Crippen molar-refractivity contribution in [1.29, 1.82) is 0 Å². The predicted molar refractivity (Wildman–Crippen MR) is 90.4 cm³/mol. The highest BCUT2D eigenvalue weighted by molar-refractivity contribution is 5.40. The summed E-state index contributed by atoms with van der Waals surface area (Å²) in [6.07, 6.45) is 5.18. The minimum atomic E-state index is 0.514. The molecule has 1 heteroatoms. The highest BCUT2D eigenvalue weighted by Crippen LogP contribution is 2.34. The fourth-order valence-corrected chi connectivity index (χ4v) is 3.63. The van der Waals surface area contributed by atoms with E-state index in [1.807, 2.05) is 0 Å². The maximum Gasteiger partial charge on any atom is 0.0353 e. The van der Waals surface area contributed by atoms with E-state index in [9.17, 15) is 0 Å². The standard InChI is InChI=1S/C19H33N/c1-7-10-17(11-8-2)19(20-9-3)18-15(5)12-14(4)13-16(18)6/h12-13,17,19-20H,7-11H2,1-6H3. The summed E-state index contributed by atoms with van der Waals surface area (Å²) in [4.78, 5) is 0. The lowest BCUT2D eigenvalue weighted by Gasteiger charge is -2.31. The number of aryl methyl sites for hydroxylation is 3. The normalized spacial score (nSPS) is 12.9. The molecule has 0 amide bonds. The molecule has 1 aromatic rings. The van der Waals surface area contributed by atoms with Gasteiger partial charge in [-0.25, -0.2) is 0 Å². The smallest absolute Gasteiger partial charge is 0.0353 e. The van der Waals surface area contributed by atoms with Gasteiger partial charge in [-0.3, -0.25) is 0 Å². The second-order valence-electron chi connectivity index (χ2n) is 6.19. The summed E-state index contributed by atoms with van der Waals surface area (Å²) in [7, 11) is 0. The Hall–Kier alpha value is -0.820. The van der Waals surface area contributed by atoms with Gasteiger partial charge in [-0.15, -0.1) is 0 Å². The van der Waals surface area contributed by atoms with Crippen LogP contribution in [0.5, 0.6) is 0 Å². The lowest BCUT2D eigenvalue weighted by molar-refractivity contribution is 0.318. The molecule has 0 heterocycles. The first-order chi connectivity index (χ1) is 9.54. The Bertz CT molecular complexity index is 379. The van der Waals surface area contributed by atoms with Crippen molar-refractivity contribution in [2.75, 3.05) is 6.54 Å². The number of hydrogen-bond donors (Lipinski definition) is 1. The third-order valence-electron chi connectivity index (χ3n) is 4.26. The molecule has 20 heavy (non-hydrogen) atoms. The summed E-state index contributed by atoms with van der Waals surface area (Å²) in [5, 5.41) is 3.77. The van der Waals surface area contributed by atoms with Crippen LogP contribution in [0, 0.1) is 26.7 Å². The average Bonchev–Trinajstić information content (AvgIpc) is 2.36. The van der Waals surface area contributed by atoms with Crippen LogP contribution in [0.1, 0.15) is 74.8 Å². The molecule has 0 aliphatic carbocycles. The van der Waals surface area contributed by atoms with E-state index in [0.29, 0.717) is 6.04 Å². The predicted octanol–water partition coefficient (Wildman–Crippen LogP) is 5.48. The Morgan fingerprint density at radius 3 is 1.80 bits per heavy atom. The zero-order valence-corrected chi connectivity index (χ0v) is 14.3. The lowest BCUT2D eigenvalue weighted by atomic mass is 9.82. The van der Waals surface area contributed by atoms with Gasteiger partial charge in [0.05, 0.1) is 0 Å². The fourth-order valence-electron chi connectivity index (χ4n) is 3.63. The van der Waals surface area contributed by atoms with Crippen molar-refractivity contribution in [3.8, 4) is 0 Å². The molecule has 0 aliphatic heterocycles. The molecule has 1 atom stereocenters. The van der Waals surface area contributed by atoms with E-state index in [-0.39, 0.29) is 0 Å². The summed E-state index contributed by atoms with van der Waals surface area (Å²) in [5.74, 6) is 0.755. The maximum absolute atomic E-state index is 3.77. The summed E-state index contributed by atoms with van der Waals surface area (Å²) in [6.45, 7) is 14.6. The molecular formula is C19H33N. The summed E-state index contributed by atoms with van der Waals surface area (Å²) in [5.41, 5.74) is 5.82. The van der Waals surface area contributed by atoms with Crippen LogP contribution >= 0.6 is 0 Å².